The molecule has 1 aliphatic carbocycles. The van der Waals surface area contributed by atoms with Crippen molar-refractivity contribution in [2.75, 3.05) is 0 Å². The van der Waals surface area contributed by atoms with E-state index < -0.39 is 0 Å². The molecule has 0 aromatic carbocycles. The van der Waals surface area contributed by atoms with Crippen molar-refractivity contribution < 1.29 is 5.11 Å². The minimum absolute atomic E-state index is 0.150. The van der Waals surface area contributed by atoms with E-state index in [-0.39, 0.29) is 6.10 Å². The molecule has 92 valence electrons. The number of hydrogen-bond donors (Lipinski definition) is 1. The van der Waals surface area contributed by atoms with Gasteiger partial charge in [0, 0.05) is 5.92 Å². The Morgan fingerprint density at radius 2 is 2.06 bits per heavy atom. The lowest BCUT2D eigenvalue weighted by molar-refractivity contribution is 0.0642. The molecule has 1 aliphatic rings. The monoisotopic (exact) mass is 222 g/mol. The quantitative estimate of drug-likeness (QED) is 0.710. The fourth-order valence-corrected chi connectivity index (χ4v) is 2.56. The molecule has 0 bridgehead atoms. The van der Waals surface area contributed by atoms with E-state index in [4.69, 9.17) is 0 Å². The summed E-state index contributed by atoms with van der Waals surface area (Å²) in [7, 11) is 0. The Morgan fingerprint density at radius 3 is 2.62 bits per heavy atom. The molecule has 0 aromatic heterocycles. The van der Waals surface area contributed by atoms with Crippen LogP contribution in [-0.2, 0) is 0 Å². The lowest BCUT2D eigenvalue weighted by Crippen LogP contribution is -2.29. The van der Waals surface area contributed by atoms with Crippen LogP contribution in [-0.4, -0.2) is 11.2 Å². The molecule has 0 aromatic rings. The molecular formula is C15H26O. The topological polar surface area (TPSA) is 20.2 Å². The fourth-order valence-electron chi connectivity index (χ4n) is 2.56. The third-order valence-corrected chi connectivity index (χ3v) is 3.62. The summed E-state index contributed by atoms with van der Waals surface area (Å²) in [5, 5.41) is 10.0. The zero-order valence-corrected chi connectivity index (χ0v) is 11.0. The SMILES string of the molecule is C=C(CCC=C(C)C)[C@@H]1CC[C@@H](C)C[C@H]1O. The number of allylic oxidation sites excluding steroid dienone is 2. The van der Waals surface area contributed by atoms with Crippen molar-refractivity contribution in [3.8, 4) is 0 Å². The molecule has 16 heavy (non-hydrogen) atoms. The lowest BCUT2D eigenvalue weighted by atomic mass is 9.76. The van der Waals surface area contributed by atoms with E-state index in [2.05, 4.69) is 33.4 Å². The van der Waals surface area contributed by atoms with E-state index in [1.807, 2.05) is 0 Å². The molecule has 0 aliphatic heterocycles. The third-order valence-electron chi connectivity index (χ3n) is 3.62. The second-order valence-electron chi connectivity index (χ2n) is 5.57. The largest absolute Gasteiger partial charge is 0.392 e. The molecule has 1 saturated carbocycles. The van der Waals surface area contributed by atoms with Crippen molar-refractivity contribution >= 4 is 0 Å². The molecule has 0 spiro atoms. The summed E-state index contributed by atoms with van der Waals surface area (Å²) in [5.41, 5.74) is 2.61. The molecule has 1 nitrogen and oxygen atoms in total. The summed E-state index contributed by atoms with van der Waals surface area (Å²) in [6.45, 7) is 10.6. The summed E-state index contributed by atoms with van der Waals surface area (Å²) in [5.74, 6) is 1.03. The zero-order valence-electron chi connectivity index (χ0n) is 11.0. The van der Waals surface area contributed by atoms with E-state index in [0.29, 0.717) is 11.8 Å². The first-order valence-electron chi connectivity index (χ1n) is 6.49. The molecule has 3 atom stereocenters. The predicted octanol–water partition coefficient (Wildman–Crippen LogP) is 4.09. The van der Waals surface area contributed by atoms with Crippen LogP contribution in [0.3, 0.4) is 0 Å². The highest BCUT2D eigenvalue weighted by atomic mass is 16.3. The van der Waals surface area contributed by atoms with Crippen molar-refractivity contribution in [2.24, 2.45) is 11.8 Å². The van der Waals surface area contributed by atoms with E-state index in [0.717, 1.165) is 25.7 Å². The number of hydrogen-bond acceptors (Lipinski definition) is 1. The van der Waals surface area contributed by atoms with Crippen LogP contribution in [0.25, 0.3) is 0 Å². The van der Waals surface area contributed by atoms with Crippen LogP contribution in [0.4, 0.5) is 0 Å². The van der Waals surface area contributed by atoms with Gasteiger partial charge in [0.05, 0.1) is 6.10 Å². The highest BCUT2D eigenvalue weighted by molar-refractivity contribution is 5.07. The molecule has 0 saturated heterocycles. The van der Waals surface area contributed by atoms with Gasteiger partial charge in [-0.3, -0.25) is 0 Å². The summed E-state index contributed by atoms with van der Waals surface area (Å²) in [6.07, 6.45) is 7.51. The minimum atomic E-state index is -0.150. The van der Waals surface area contributed by atoms with Gasteiger partial charge in [0.15, 0.2) is 0 Å². The third kappa shape index (κ3) is 4.13. The van der Waals surface area contributed by atoms with Gasteiger partial charge in [-0.1, -0.05) is 30.7 Å². The first-order chi connectivity index (χ1) is 7.50. The average molecular weight is 222 g/mol. The molecule has 1 rings (SSSR count). The molecule has 0 unspecified atom stereocenters. The van der Waals surface area contributed by atoms with Crippen LogP contribution in [0, 0.1) is 11.8 Å². The maximum atomic E-state index is 10.0. The Morgan fingerprint density at radius 1 is 1.38 bits per heavy atom. The van der Waals surface area contributed by atoms with E-state index >= 15 is 0 Å². The molecule has 0 heterocycles. The highest BCUT2D eigenvalue weighted by Crippen LogP contribution is 2.34. The minimum Gasteiger partial charge on any atom is -0.392 e. The Bertz CT molecular complexity index is 261. The van der Waals surface area contributed by atoms with Crippen LogP contribution in [0.15, 0.2) is 23.8 Å². The maximum Gasteiger partial charge on any atom is 0.0607 e. The summed E-state index contributed by atoms with van der Waals surface area (Å²) in [6, 6.07) is 0. The summed E-state index contributed by atoms with van der Waals surface area (Å²) in [4.78, 5) is 0. The molecule has 1 heteroatoms. The Balaban J connectivity index is 2.39. The van der Waals surface area contributed by atoms with Gasteiger partial charge >= 0.3 is 0 Å². The van der Waals surface area contributed by atoms with Crippen LogP contribution < -0.4 is 0 Å². The summed E-state index contributed by atoms with van der Waals surface area (Å²) < 4.78 is 0. The van der Waals surface area contributed by atoms with Crippen molar-refractivity contribution in [3.63, 3.8) is 0 Å². The zero-order chi connectivity index (χ0) is 12.1. The van der Waals surface area contributed by atoms with Gasteiger partial charge in [-0.25, -0.2) is 0 Å². The van der Waals surface area contributed by atoms with Gasteiger partial charge in [0.2, 0.25) is 0 Å². The standard InChI is InChI=1S/C15H26O/c1-11(2)6-5-7-13(4)14-9-8-12(3)10-15(14)16/h6,12,14-16H,4-5,7-10H2,1-3H3/t12-,14+,15-/m1/s1. The van der Waals surface area contributed by atoms with Crippen molar-refractivity contribution in [2.45, 2.75) is 59.0 Å². The summed E-state index contributed by atoms with van der Waals surface area (Å²) >= 11 is 0. The predicted molar refractivity (Wildman–Crippen MR) is 70.3 cm³/mol. The van der Waals surface area contributed by atoms with E-state index in [1.54, 1.807) is 0 Å². The Labute approximate surface area is 100 Å². The second kappa shape index (κ2) is 6.24. The lowest BCUT2D eigenvalue weighted by Gasteiger charge is -2.32. The molecule has 1 N–H and O–H groups in total. The fraction of sp³-hybridized carbons (Fsp3) is 0.733. The first-order valence-corrected chi connectivity index (χ1v) is 6.49. The van der Waals surface area contributed by atoms with Gasteiger partial charge in [0.1, 0.15) is 0 Å². The molecule has 1 fully saturated rings. The normalized spacial score (nSPS) is 29.9. The van der Waals surface area contributed by atoms with Crippen molar-refractivity contribution in [3.05, 3.63) is 23.8 Å². The Hall–Kier alpha value is -0.560. The van der Waals surface area contributed by atoms with Gasteiger partial charge < -0.3 is 5.11 Å². The number of aliphatic hydroxyl groups is 1. The first kappa shape index (κ1) is 13.5. The van der Waals surface area contributed by atoms with Gasteiger partial charge in [-0.05, 0) is 51.9 Å². The van der Waals surface area contributed by atoms with Gasteiger partial charge in [-0.15, -0.1) is 0 Å². The highest BCUT2D eigenvalue weighted by Gasteiger charge is 2.28. The maximum absolute atomic E-state index is 10.0. The molecular weight excluding hydrogens is 196 g/mol. The van der Waals surface area contributed by atoms with Crippen LogP contribution in [0.5, 0.6) is 0 Å². The van der Waals surface area contributed by atoms with Crippen LogP contribution >= 0.6 is 0 Å². The number of rotatable bonds is 4. The van der Waals surface area contributed by atoms with E-state index in [1.165, 1.54) is 17.6 Å². The van der Waals surface area contributed by atoms with Crippen molar-refractivity contribution in [1.82, 2.24) is 0 Å². The molecule has 0 radical (unpaired) electrons. The van der Waals surface area contributed by atoms with Crippen molar-refractivity contribution in [1.29, 1.82) is 0 Å². The van der Waals surface area contributed by atoms with Crippen LogP contribution in [0.1, 0.15) is 52.9 Å². The molecule has 0 amide bonds. The van der Waals surface area contributed by atoms with Gasteiger partial charge in [0.25, 0.3) is 0 Å². The number of aliphatic hydroxyl groups excluding tert-OH is 1. The Kier molecular flexibility index (Phi) is 5.27. The van der Waals surface area contributed by atoms with Gasteiger partial charge in [-0.2, -0.15) is 0 Å². The smallest absolute Gasteiger partial charge is 0.0607 e. The van der Waals surface area contributed by atoms with E-state index in [9.17, 15) is 5.11 Å². The second-order valence-corrected chi connectivity index (χ2v) is 5.57. The average Bonchev–Trinajstić information content (AvgIpc) is 2.16. The van der Waals surface area contributed by atoms with Crippen LogP contribution in [0.2, 0.25) is 0 Å².